The summed E-state index contributed by atoms with van der Waals surface area (Å²) in [5, 5.41) is 4.52. The maximum absolute atomic E-state index is 13.8. The third-order valence-electron chi connectivity index (χ3n) is 8.17. The molecular formula is C35H39N7O7S3. The van der Waals surface area contributed by atoms with Crippen LogP contribution in [-0.4, -0.2) is 75.4 Å². The number of nitrogens with zero attached hydrogens (tertiary/aromatic N) is 3. The van der Waals surface area contributed by atoms with E-state index in [1.807, 2.05) is 19.1 Å². The molecule has 0 saturated heterocycles. The summed E-state index contributed by atoms with van der Waals surface area (Å²) in [7, 11) is -7.90. The molecule has 5 N–H and O–H groups in total. The van der Waals surface area contributed by atoms with Crippen LogP contribution in [0.25, 0.3) is 0 Å². The Labute approximate surface area is 306 Å². The fourth-order valence-electron chi connectivity index (χ4n) is 5.62. The van der Waals surface area contributed by atoms with Crippen LogP contribution in [0.5, 0.6) is 0 Å². The van der Waals surface area contributed by atoms with Gasteiger partial charge in [-0.05, 0) is 55.0 Å². The molecule has 14 nitrogen and oxygen atoms in total. The Morgan fingerprint density at radius 3 is 2.38 bits per heavy atom. The molecule has 1 aliphatic heterocycles. The lowest BCUT2D eigenvalue weighted by molar-refractivity contribution is -0.137. The molecule has 274 valence electrons. The summed E-state index contributed by atoms with van der Waals surface area (Å²) in [4.78, 5) is 50.2. The van der Waals surface area contributed by atoms with Crippen molar-refractivity contribution in [3.8, 4) is 0 Å². The van der Waals surface area contributed by atoms with Crippen molar-refractivity contribution in [1.82, 2.24) is 24.6 Å². The number of nitrogens with one attached hydrogen (secondary N) is 3. The van der Waals surface area contributed by atoms with Gasteiger partial charge in [-0.1, -0.05) is 72.3 Å². The summed E-state index contributed by atoms with van der Waals surface area (Å²) >= 11 is 1.11. The van der Waals surface area contributed by atoms with Crippen LogP contribution in [0.15, 0.2) is 100 Å². The number of hydrogen-bond acceptors (Lipinski definition) is 10. The number of carbonyl (C=O) groups excluding carboxylic acids is 3. The summed E-state index contributed by atoms with van der Waals surface area (Å²) < 4.78 is 56.4. The Bertz CT molecular complexity index is 2130. The summed E-state index contributed by atoms with van der Waals surface area (Å²) in [6, 6.07) is 19.8. The van der Waals surface area contributed by atoms with Crippen LogP contribution in [0.3, 0.4) is 0 Å². The van der Waals surface area contributed by atoms with Crippen LogP contribution >= 0.6 is 11.3 Å². The van der Waals surface area contributed by atoms with E-state index in [0.29, 0.717) is 5.56 Å². The molecule has 2 amide bonds. The fraction of sp³-hybridized carbons (Fsp3) is 0.286. The number of benzene rings is 3. The van der Waals surface area contributed by atoms with E-state index >= 15 is 0 Å². The molecule has 4 aromatic rings. The highest BCUT2D eigenvalue weighted by atomic mass is 32.2. The zero-order chi connectivity index (χ0) is 37.3. The summed E-state index contributed by atoms with van der Waals surface area (Å²) in [5.74, 6) is -2.32. The molecule has 0 radical (unpaired) electrons. The van der Waals surface area contributed by atoms with Crippen LogP contribution in [0, 0.1) is 6.92 Å². The van der Waals surface area contributed by atoms with E-state index in [9.17, 15) is 31.2 Å². The maximum atomic E-state index is 13.8. The minimum absolute atomic E-state index is 0.0235. The van der Waals surface area contributed by atoms with Crippen LogP contribution in [0.2, 0.25) is 0 Å². The number of Topliss-reactive ketones (excluding diaryl/α,β-unsaturated/α-hetero) is 1. The van der Waals surface area contributed by atoms with Gasteiger partial charge >= 0.3 is 0 Å². The standard InChI is InChI=1S/C35H39N7O7S3/c1-24-13-15-28(16-14-24)52(48,49)41-35(36)38-17-7-12-29(32(44)33-37-18-19-50-33)39-31(43)22-42-21-27-11-6-5-10-26(27)20-30(34(42)45)40-51(46,47)23-25-8-3-2-4-9-25/h2-6,8-11,13-16,18-19,29-30,40H,7,12,17,20-23H2,1H3,(H,39,43)(H3,36,38,41)/t29?,30-/m0/s1. The molecule has 1 aromatic heterocycles. The highest BCUT2D eigenvalue weighted by Crippen LogP contribution is 2.21. The molecule has 1 unspecified atom stereocenters. The Morgan fingerprint density at radius 1 is 1.00 bits per heavy atom. The van der Waals surface area contributed by atoms with Gasteiger partial charge in [0.25, 0.3) is 10.0 Å². The molecule has 1 aliphatic rings. The van der Waals surface area contributed by atoms with Crippen molar-refractivity contribution in [3.63, 3.8) is 0 Å². The lowest BCUT2D eigenvalue weighted by Gasteiger charge is -2.25. The van der Waals surface area contributed by atoms with E-state index in [4.69, 9.17) is 5.73 Å². The van der Waals surface area contributed by atoms with Crippen molar-refractivity contribution < 1.29 is 31.2 Å². The van der Waals surface area contributed by atoms with E-state index < -0.39 is 56.3 Å². The highest BCUT2D eigenvalue weighted by Gasteiger charge is 2.34. The van der Waals surface area contributed by atoms with Gasteiger partial charge in [0.2, 0.25) is 33.6 Å². The maximum Gasteiger partial charge on any atom is 0.264 e. The third-order valence-corrected chi connectivity index (χ3v) is 11.7. The number of hydrogen-bond donors (Lipinski definition) is 4. The second-order valence-corrected chi connectivity index (χ2v) is 16.6. The number of rotatable bonds is 15. The van der Waals surface area contributed by atoms with Crippen molar-refractivity contribution in [2.75, 3.05) is 13.1 Å². The third kappa shape index (κ3) is 10.5. The van der Waals surface area contributed by atoms with Crippen molar-refractivity contribution >= 4 is 54.9 Å². The number of amides is 2. The molecule has 0 spiro atoms. The van der Waals surface area contributed by atoms with Crippen molar-refractivity contribution in [2.24, 2.45) is 10.7 Å². The highest BCUT2D eigenvalue weighted by molar-refractivity contribution is 7.90. The van der Waals surface area contributed by atoms with Crippen molar-refractivity contribution in [3.05, 3.63) is 118 Å². The van der Waals surface area contributed by atoms with Gasteiger partial charge in [0, 0.05) is 24.7 Å². The summed E-state index contributed by atoms with van der Waals surface area (Å²) in [6.45, 7) is 1.47. The predicted molar refractivity (Wildman–Crippen MR) is 197 cm³/mol. The van der Waals surface area contributed by atoms with Crippen LogP contribution < -0.4 is 20.5 Å². The van der Waals surface area contributed by atoms with E-state index in [1.165, 1.54) is 23.2 Å². The topological polar surface area (TPSA) is 210 Å². The van der Waals surface area contributed by atoms with E-state index in [2.05, 4.69) is 24.7 Å². The summed E-state index contributed by atoms with van der Waals surface area (Å²) in [6.07, 6.45) is 1.89. The molecular weight excluding hydrogens is 727 g/mol. The van der Waals surface area contributed by atoms with Gasteiger partial charge in [-0.2, -0.15) is 0 Å². The number of thiazole rings is 1. The average Bonchev–Trinajstić information content (AvgIpc) is 3.61. The van der Waals surface area contributed by atoms with E-state index in [-0.39, 0.29) is 54.0 Å². The first kappa shape index (κ1) is 38.3. The van der Waals surface area contributed by atoms with Gasteiger partial charge in [0.05, 0.1) is 23.2 Å². The number of aliphatic imine (C=N–C) groups is 1. The monoisotopic (exact) mass is 765 g/mol. The Morgan fingerprint density at radius 2 is 1.69 bits per heavy atom. The van der Waals surface area contributed by atoms with Gasteiger partial charge in [0.15, 0.2) is 5.01 Å². The van der Waals surface area contributed by atoms with Crippen LogP contribution in [0.1, 0.15) is 44.9 Å². The number of nitrogens with two attached hydrogens (primary N) is 1. The van der Waals surface area contributed by atoms with Crippen LogP contribution in [-0.2, 0) is 48.4 Å². The first-order valence-corrected chi connectivity index (χ1v) is 20.3. The first-order valence-electron chi connectivity index (χ1n) is 16.3. The van der Waals surface area contributed by atoms with Gasteiger partial charge in [-0.3, -0.25) is 19.4 Å². The van der Waals surface area contributed by atoms with Crippen molar-refractivity contribution in [2.45, 2.75) is 55.5 Å². The Hall–Kier alpha value is -4.97. The van der Waals surface area contributed by atoms with Crippen molar-refractivity contribution in [1.29, 1.82) is 0 Å². The zero-order valence-electron chi connectivity index (χ0n) is 28.3. The molecule has 0 bridgehead atoms. The molecule has 3 aromatic carbocycles. The Kier molecular flexibility index (Phi) is 12.5. The van der Waals surface area contributed by atoms with Gasteiger partial charge in [-0.15, -0.1) is 11.3 Å². The average molecular weight is 766 g/mol. The molecule has 2 atom stereocenters. The van der Waals surface area contributed by atoms with Crippen LogP contribution in [0.4, 0.5) is 0 Å². The number of sulfonamides is 2. The molecule has 2 heterocycles. The quantitative estimate of drug-likeness (QED) is 0.0605. The number of guanidine groups is 1. The number of aryl methyl sites for hydroxylation is 1. The number of ketones is 1. The van der Waals surface area contributed by atoms with Gasteiger partial charge in [0.1, 0.15) is 6.04 Å². The second kappa shape index (κ2) is 17.0. The number of carbonyl (C=O) groups is 3. The predicted octanol–water partition coefficient (Wildman–Crippen LogP) is 2.27. The molecule has 0 saturated carbocycles. The summed E-state index contributed by atoms with van der Waals surface area (Å²) in [5.41, 5.74) is 8.83. The number of fused-ring (bicyclic) bond motifs is 1. The SMILES string of the molecule is Cc1ccc(S(=O)(=O)NC(N)=NCCCC(NC(=O)CN2Cc3ccccc3C[C@H](NS(=O)(=O)Cc3ccccc3)C2=O)C(=O)c2nccs2)cc1. The lowest BCUT2D eigenvalue weighted by atomic mass is 10.0. The molecule has 5 rings (SSSR count). The van der Waals surface area contributed by atoms with E-state index in [1.54, 1.807) is 60.0 Å². The first-order chi connectivity index (χ1) is 24.8. The number of aromatic nitrogens is 1. The van der Waals surface area contributed by atoms with Gasteiger partial charge in [-0.25, -0.2) is 31.3 Å². The lowest BCUT2D eigenvalue weighted by Crippen LogP contribution is -2.52. The zero-order valence-corrected chi connectivity index (χ0v) is 30.7. The molecule has 52 heavy (non-hydrogen) atoms. The largest absolute Gasteiger partial charge is 0.369 e. The minimum atomic E-state index is -3.95. The minimum Gasteiger partial charge on any atom is -0.369 e. The molecule has 0 fully saturated rings. The second-order valence-electron chi connectivity index (χ2n) is 12.2. The van der Waals surface area contributed by atoms with Gasteiger partial charge < -0.3 is 16.0 Å². The molecule has 0 aliphatic carbocycles. The van der Waals surface area contributed by atoms with E-state index in [0.717, 1.165) is 28.0 Å². The fourth-order valence-corrected chi connectivity index (χ4v) is 8.53. The Balaban J connectivity index is 1.25. The smallest absolute Gasteiger partial charge is 0.264 e. The normalized spacial score (nSPS) is 15.7. The molecule has 17 heteroatoms.